The Kier molecular flexibility index (Phi) is 5.23. The molecule has 0 aromatic heterocycles. The molecule has 27 heavy (non-hydrogen) atoms. The minimum atomic E-state index is 0.306. The van der Waals surface area contributed by atoms with Crippen molar-refractivity contribution in [1.82, 2.24) is 0 Å². The molecule has 0 aromatic carbocycles. The Morgan fingerprint density at radius 2 is 1.81 bits per heavy atom. The third kappa shape index (κ3) is 3.20. The molecule has 2 saturated carbocycles. The van der Waals surface area contributed by atoms with E-state index in [4.69, 9.17) is 0 Å². The van der Waals surface area contributed by atoms with Crippen LogP contribution in [-0.2, 0) is 0 Å². The number of fused-ring (bicyclic) bond motifs is 5. The first-order chi connectivity index (χ1) is 12.9. The molecule has 4 aliphatic carbocycles. The van der Waals surface area contributed by atoms with Crippen molar-refractivity contribution in [1.29, 1.82) is 0 Å². The molecule has 0 aliphatic heterocycles. The van der Waals surface area contributed by atoms with Gasteiger partial charge in [-0.3, -0.25) is 0 Å². The first-order valence-electron chi connectivity index (χ1n) is 11.9. The van der Waals surface area contributed by atoms with Crippen molar-refractivity contribution in [3.63, 3.8) is 0 Å². The van der Waals surface area contributed by atoms with Crippen molar-refractivity contribution in [3.05, 3.63) is 36.0 Å². The van der Waals surface area contributed by atoms with Crippen molar-refractivity contribution in [2.75, 3.05) is 0 Å². The molecule has 7 atom stereocenters. The molecule has 0 heterocycles. The van der Waals surface area contributed by atoms with E-state index in [1.54, 1.807) is 5.57 Å². The molecule has 0 radical (unpaired) electrons. The predicted octanol–water partition coefficient (Wildman–Crippen LogP) is 7.97. The zero-order chi connectivity index (χ0) is 19.2. The highest BCUT2D eigenvalue weighted by molar-refractivity contribution is 5.41. The molecule has 0 nitrogen and oxygen atoms in total. The van der Waals surface area contributed by atoms with Gasteiger partial charge in [0, 0.05) is 5.41 Å². The molecular formula is C27H42. The summed E-state index contributed by atoms with van der Waals surface area (Å²) in [5.41, 5.74) is 2.51. The topological polar surface area (TPSA) is 0 Å². The van der Waals surface area contributed by atoms with E-state index in [9.17, 15) is 0 Å². The molecule has 0 spiro atoms. The summed E-state index contributed by atoms with van der Waals surface area (Å²) in [5.74, 6) is 5.49. The largest absolute Gasteiger partial charge is 0.0801 e. The van der Waals surface area contributed by atoms with E-state index in [0.717, 1.165) is 35.5 Å². The monoisotopic (exact) mass is 366 g/mol. The summed E-state index contributed by atoms with van der Waals surface area (Å²) in [7, 11) is 0. The van der Waals surface area contributed by atoms with Crippen molar-refractivity contribution < 1.29 is 0 Å². The predicted molar refractivity (Wildman–Crippen MR) is 117 cm³/mol. The molecule has 2 fully saturated rings. The second kappa shape index (κ2) is 7.23. The minimum Gasteiger partial charge on any atom is -0.0801 e. The zero-order valence-corrected chi connectivity index (χ0v) is 18.5. The van der Waals surface area contributed by atoms with Gasteiger partial charge in [0.2, 0.25) is 0 Å². The molecule has 0 saturated heterocycles. The van der Waals surface area contributed by atoms with Crippen LogP contribution >= 0.6 is 0 Å². The quantitative estimate of drug-likeness (QED) is 0.463. The Bertz CT molecular complexity index is 634. The van der Waals surface area contributed by atoms with Crippen LogP contribution in [0.5, 0.6) is 0 Å². The van der Waals surface area contributed by atoms with Crippen LogP contribution in [0, 0.1) is 46.3 Å². The third-order valence-electron chi connectivity index (χ3n) is 9.47. The van der Waals surface area contributed by atoms with Crippen molar-refractivity contribution >= 4 is 0 Å². The molecular weight excluding hydrogens is 324 g/mol. The van der Waals surface area contributed by atoms with E-state index in [-0.39, 0.29) is 0 Å². The Labute approximate surface area is 168 Å². The smallest absolute Gasteiger partial charge is 0.0135 e. The van der Waals surface area contributed by atoms with Gasteiger partial charge < -0.3 is 0 Å². The summed E-state index contributed by atoms with van der Waals surface area (Å²) in [6, 6.07) is 0. The van der Waals surface area contributed by atoms with Crippen LogP contribution in [0.25, 0.3) is 0 Å². The van der Waals surface area contributed by atoms with Gasteiger partial charge in [-0.25, -0.2) is 0 Å². The van der Waals surface area contributed by atoms with Gasteiger partial charge in [0.25, 0.3) is 0 Å². The Hall–Kier alpha value is -0.780. The van der Waals surface area contributed by atoms with Gasteiger partial charge in [-0.05, 0) is 78.6 Å². The fourth-order valence-corrected chi connectivity index (χ4v) is 7.96. The highest BCUT2D eigenvalue weighted by atomic mass is 14.6. The second-order valence-corrected chi connectivity index (χ2v) is 11.3. The lowest BCUT2D eigenvalue weighted by molar-refractivity contribution is -0.0319. The van der Waals surface area contributed by atoms with Gasteiger partial charge >= 0.3 is 0 Å². The van der Waals surface area contributed by atoms with Crippen LogP contribution < -0.4 is 0 Å². The van der Waals surface area contributed by atoms with Gasteiger partial charge in [-0.1, -0.05) is 84.3 Å². The summed E-state index contributed by atoms with van der Waals surface area (Å²) >= 11 is 0. The molecule has 0 unspecified atom stereocenters. The molecule has 4 rings (SSSR count). The van der Waals surface area contributed by atoms with Crippen LogP contribution in [-0.4, -0.2) is 0 Å². The Balaban J connectivity index is 1.51. The lowest BCUT2D eigenvalue weighted by Crippen LogP contribution is -2.49. The van der Waals surface area contributed by atoms with Crippen LogP contribution in [0.3, 0.4) is 0 Å². The average Bonchev–Trinajstić information content (AvgIpc) is 2.98. The lowest BCUT2D eigenvalue weighted by Gasteiger charge is -2.56. The molecule has 0 amide bonds. The number of rotatable bonds is 5. The normalized spacial score (nSPS) is 43.9. The molecule has 4 aliphatic rings. The molecule has 0 N–H and O–H groups in total. The first-order valence-corrected chi connectivity index (χ1v) is 11.9. The third-order valence-corrected chi connectivity index (χ3v) is 9.47. The van der Waals surface area contributed by atoms with Crippen molar-refractivity contribution in [2.45, 2.75) is 86.0 Å². The summed E-state index contributed by atoms with van der Waals surface area (Å²) in [6.45, 7) is 12.6. The van der Waals surface area contributed by atoms with E-state index in [0.29, 0.717) is 10.8 Å². The van der Waals surface area contributed by atoms with E-state index in [2.05, 4.69) is 65.0 Å². The fraction of sp³-hybridized carbons (Fsp3) is 0.778. The van der Waals surface area contributed by atoms with Crippen molar-refractivity contribution in [3.8, 4) is 0 Å². The lowest BCUT2D eigenvalue weighted by atomic mass is 9.48. The average molecular weight is 367 g/mol. The van der Waals surface area contributed by atoms with Gasteiger partial charge in [0.1, 0.15) is 0 Å². The van der Waals surface area contributed by atoms with Crippen LogP contribution in [0.4, 0.5) is 0 Å². The van der Waals surface area contributed by atoms with Gasteiger partial charge in [-0.2, -0.15) is 0 Å². The number of allylic oxidation sites excluding steroid dienone is 6. The molecule has 0 aromatic rings. The SMILES string of the molecule is CC(C)CCC[C@@H](C)[C@H]1CC[C@H]2[C@@H]3CC=C4C=CC=C[C@]4(C)[C@H]3CC[C@]12C. The number of hydrogen-bond donors (Lipinski definition) is 0. The fourth-order valence-electron chi connectivity index (χ4n) is 7.96. The maximum absolute atomic E-state index is 2.70. The van der Waals surface area contributed by atoms with Crippen LogP contribution in [0.2, 0.25) is 0 Å². The summed E-state index contributed by atoms with van der Waals surface area (Å²) in [5, 5.41) is 0. The summed E-state index contributed by atoms with van der Waals surface area (Å²) < 4.78 is 0. The maximum atomic E-state index is 2.70. The van der Waals surface area contributed by atoms with Gasteiger partial charge in [0.15, 0.2) is 0 Å². The minimum absolute atomic E-state index is 0.306. The van der Waals surface area contributed by atoms with E-state index >= 15 is 0 Å². The van der Waals surface area contributed by atoms with Crippen LogP contribution in [0.1, 0.15) is 86.0 Å². The van der Waals surface area contributed by atoms with Gasteiger partial charge in [-0.15, -0.1) is 0 Å². The van der Waals surface area contributed by atoms with E-state index in [1.165, 1.54) is 51.4 Å². The summed E-state index contributed by atoms with van der Waals surface area (Å²) in [4.78, 5) is 0. The Morgan fingerprint density at radius 3 is 2.59 bits per heavy atom. The zero-order valence-electron chi connectivity index (χ0n) is 18.5. The van der Waals surface area contributed by atoms with Gasteiger partial charge in [0.05, 0.1) is 0 Å². The molecule has 0 bridgehead atoms. The highest BCUT2D eigenvalue weighted by Crippen LogP contribution is 2.66. The number of hydrogen-bond acceptors (Lipinski definition) is 0. The Morgan fingerprint density at radius 1 is 1.00 bits per heavy atom. The first kappa shape index (κ1) is 19.5. The maximum Gasteiger partial charge on any atom is 0.0135 e. The molecule has 0 heteroatoms. The second-order valence-electron chi connectivity index (χ2n) is 11.3. The summed E-state index contributed by atoms with van der Waals surface area (Å²) in [6.07, 6.45) is 23.6. The molecule has 150 valence electrons. The van der Waals surface area contributed by atoms with Crippen molar-refractivity contribution in [2.24, 2.45) is 46.3 Å². The standard InChI is InChI=1S/C27H42/c1-19(2)9-8-10-20(3)23-14-15-24-22-13-12-21-11-6-7-17-26(21,4)25(22)16-18-27(23,24)5/h6-7,11-12,17,19-20,22-25H,8-10,13-16,18H2,1-5H3/t20-,22+,23-,24+,25+,26+,27-/m1/s1. The highest BCUT2D eigenvalue weighted by Gasteiger charge is 2.58. The van der Waals surface area contributed by atoms with E-state index in [1.807, 2.05) is 0 Å². The van der Waals surface area contributed by atoms with Crippen LogP contribution in [0.15, 0.2) is 36.0 Å². The van der Waals surface area contributed by atoms with E-state index < -0.39 is 0 Å².